The Morgan fingerprint density at radius 3 is 2.73 bits per heavy atom. The van der Waals surface area contributed by atoms with Gasteiger partial charge in [-0.3, -0.25) is 4.79 Å². The summed E-state index contributed by atoms with van der Waals surface area (Å²) in [6.07, 6.45) is 15.0. The molecule has 0 bridgehead atoms. The van der Waals surface area contributed by atoms with E-state index < -0.39 is 0 Å². The van der Waals surface area contributed by atoms with Crippen molar-refractivity contribution in [3.05, 3.63) is 34.2 Å². The third kappa shape index (κ3) is 5.20. The number of rotatable bonds is 7. The zero-order chi connectivity index (χ0) is 15.8. The first-order valence-electron chi connectivity index (χ1n) is 8.25. The highest BCUT2D eigenvalue weighted by Crippen LogP contribution is 2.29. The first-order chi connectivity index (χ1) is 10.7. The van der Waals surface area contributed by atoms with Gasteiger partial charge in [0.25, 0.3) is 0 Å². The number of benzene rings is 1. The maximum atomic E-state index is 10.8. The lowest BCUT2D eigenvalue weighted by molar-refractivity contribution is -0.104. The molecule has 1 aliphatic rings. The Morgan fingerprint density at radius 1 is 1.32 bits per heavy atom. The number of phenols is 1. The summed E-state index contributed by atoms with van der Waals surface area (Å²) >= 11 is 1.39. The average molecular weight is 318 g/mol. The van der Waals surface area contributed by atoms with E-state index in [4.69, 9.17) is 0 Å². The summed E-state index contributed by atoms with van der Waals surface area (Å²) in [5, 5.41) is 10.1. The van der Waals surface area contributed by atoms with Gasteiger partial charge < -0.3 is 5.11 Å². The predicted molar refractivity (Wildman–Crippen MR) is 95.2 cm³/mol. The lowest BCUT2D eigenvalue weighted by atomic mass is 9.85. The molecular weight excluding hydrogens is 292 g/mol. The Bertz CT molecular complexity index is 516. The van der Waals surface area contributed by atoms with Crippen molar-refractivity contribution in [2.24, 2.45) is 5.92 Å². The lowest BCUT2D eigenvalue weighted by Crippen LogP contribution is -2.06. The van der Waals surface area contributed by atoms with Gasteiger partial charge >= 0.3 is 0 Å². The van der Waals surface area contributed by atoms with Gasteiger partial charge in [-0.2, -0.15) is 0 Å². The topological polar surface area (TPSA) is 37.3 Å². The average Bonchev–Trinajstić information content (AvgIpc) is 2.55. The second-order valence-electron chi connectivity index (χ2n) is 6.16. The van der Waals surface area contributed by atoms with Crippen LogP contribution in [-0.4, -0.2) is 17.6 Å². The molecule has 0 saturated heterocycles. The van der Waals surface area contributed by atoms with Crippen LogP contribution in [-0.2, 0) is 11.2 Å². The maximum absolute atomic E-state index is 10.8. The Kier molecular flexibility index (Phi) is 7.04. The molecule has 0 atom stereocenters. The van der Waals surface area contributed by atoms with E-state index in [1.54, 1.807) is 6.08 Å². The van der Waals surface area contributed by atoms with E-state index in [9.17, 15) is 9.90 Å². The molecule has 1 saturated carbocycles. The smallest absolute Gasteiger partial charge is 0.156 e. The van der Waals surface area contributed by atoms with Gasteiger partial charge in [-0.15, -0.1) is 11.8 Å². The molecule has 1 fully saturated rings. The highest BCUT2D eigenvalue weighted by Gasteiger charge is 2.12. The van der Waals surface area contributed by atoms with Crippen LogP contribution in [0, 0.1) is 5.92 Å². The first-order valence-corrected chi connectivity index (χ1v) is 9.48. The number of hydrogen-bond donors (Lipinski definition) is 1. The van der Waals surface area contributed by atoms with Crippen LogP contribution < -0.4 is 0 Å². The Morgan fingerprint density at radius 2 is 2.09 bits per heavy atom. The second-order valence-corrected chi connectivity index (χ2v) is 7.04. The second kappa shape index (κ2) is 9.04. The van der Waals surface area contributed by atoms with Gasteiger partial charge in [0, 0.05) is 10.5 Å². The van der Waals surface area contributed by atoms with E-state index in [0.29, 0.717) is 10.5 Å². The van der Waals surface area contributed by atoms with Crippen LogP contribution in [0.4, 0.5) is 0 Å². The van der Waals surface area contributed by atoms with Crippen LogP contribution in [0.2, 0.25) is 0 Å². The van der Waals surface area contributed by atoms with Crippen molar-refractivity contribution in [1.29, 1.82) is 0 Å². The summed E-state index contributed by atoms with van der Waals surface area (Å²) in [5.74, 6) is 1.19. The Hall–Kier alpha value is -1.22. The number of aryl methyl sites for hydroxylation is 1. The van der Waals surface area contributed by atoms with E-state index in [2.05, 4.69) is 6.07 Å². The molecule has 120 valence electrons. The van der Waals surface area contributed by atoms with Gasteiger partial charge in [0.2, 0.25) is 0 Å². The predicted octanol–water partition coefficient (Wildman–Crippen LogP) is 5.20. The van der Waals surface area contributed by atoms with Gasteiger partial charge in [-0.1, -0.05) is 50.7 Å². The monoisotopic (exact) mass is 318 g/mol. The van der Waals surface area contributed by atoms with Crippen LogP contribution in [0.1, 0.15) is 56.1 Å². The number of carbonyl (C=O) groups excluding carboxylic acids is 1. The van der Waals surface area contributed by atoms with Crippen molar-refractivity contribution in [3.8, 4) is 5.75 Å². The molecule has 3 heteroatoms. The molecule has 1 aromatic rings. The van der Waals surface area contributed by atoms with Gasteiger partial charge in [0.15, 0.2) is 6.29 Å². The summed E-state index contributed by atoms with van der Waals surface area (Å²) in [5.41, 5.74) is 1.90. The minimum Gasteiger partial charge on any atom is -0.507 e. The standard InChI is InChI=1S/C19H26O2S/c1-22-18(14-20)13-17-11-10-16(12-19(17)21)9-5-8-15-6-3-2-4-7-15/h10-15,21H,2-9H2,1H3/b18-13-. The number of allylic oxidation sites excluding steroid dienone is 1. The largest absolute Gasteiger partial charge is 0.507 e. The molecule has 0 amide bonds. The molecule has 1 N–H and O–H groups in total. The molecule has 2 nitrogen and oxygen atoms in total. The molecule has 22 heavy (non-hydrogen) atoms. The van der Waals surface area contributed by atoms with E-state index in [1.807, 2.05) is 18.4 Å². The number of thioether (sulfide) groups is 1. The van der Waals surface area contributed by atoms with Gasteiger partial charge in [-0.05, 0) is 42.7 Å². The number of carbonyl (C=O) groups is 1. The highest BCUT2D eigenvalue weighted by molar-refractivity contribution is 8.03. The molecule has 0 heterocycles. The minimum atomic E-state index is 0.267. The fourth-order valence-electron chi connectivity index (χ4n) is 3.23. The fourth-order valence-corrected chi connectivity index (χ4v) is 3.57. The molecule has 1 aliphatic carbocycles. The number of aromatic hydroxyl groups is 1. The molecule has 0 radical (unpaired) electrons. The van der Waals surface area contributed by atoms with E-state index >= 15 is 0 Å². The quantitative estimate of drug-likeness (QED) is 0.555. The molecule has 2 rings (SSSR count). The van der Waals surface area contributed by atoms with Gasteiger partial charge in [0.05, 0.1) is 0 Å². The first kappa shape index (κ1) is 17.1. The van der Waals surface area contributed by atoms with E-state index in [1.165, 1.54) is 62.3 Å². The summed E-state index contributed by atoms with van der Waals surface area (Å²) in [6, 6.07) is 5.82. The number of hydrogen-bond acceptors (Lipinski definition) is 3. The van der Waals surface area contributed by atoms with Crippen molar-refractivity contribution < 1.29 is 9.90 Å². The molecule has 0 aromatic heterocycles. The molecule has 0 spiro atoms. The molecule has 0 aliphatic heterocycles. The number of aldehydes is 1. The summed E-state index contributed by atoms with van der Waals surface area (Å²) in [6.45, 7) is 0. The summed E-state index contributed by atoms with van der Waals surface area (Å²) < 4.78 is 0. The molecular formula is C19H26O2S. The zero-order valence-electron chi connectivity index (χ0n) is 13.4. The summed E-state index contributed by atoms with van der Waals surface area (Å²) in [4.78, 5) is 11.5. The van der Waals surface area contributed by atoms with Crippen LogP contribution in [0.25, 0.3) is 6.08 Å². The third-order valence-electron chi connectivity index (χ3n) is 4.55. The molecule has 1 aromatic carbocycles. The van der Waals surface area contributed by atoms with Crippen molar-refractivity contribution in [1.82, 2.24) is 0 Å². The highest BCUT2D eigenvalue weighted by atomic mass is 32.2. The third-order valence-corrected chi connectivity index (χ3v) is 5.23. The van der Waals surface area contributed by atoms with Crippen LogP contribution in [0.15, 0.2) is 23.1 Å². The van der Waals surface area contributed by atoms with Crippen molar-refractivity contribution in [2.75, 3.05) is 6.26 Å². The fraction of sp³-hybridized carbons (Fsp3) is 0.526. The van der Waals surface area contributed by atoms with E-state index in [-0.39, 0.29) is 5.75 Å². The number of phenolic OH excluding ortho intramolecular Hbond substituents is 1. The maximum Gasteiger partial charge on any atom is 0.156 e. The lowest BCUT2D eigenvalue weighted by Gasteiger charge is -2.21. The van der Waals surface area contributed by atoms with Crippen LogP contribution in [0.5, 0.6) is 5.75 Å². The van der Waals surface area contributed by atoms with Gasteiger partial charge in [0.1, 0.15) is 5.75 Å². The summed E-state index contributed by atoms with van der Waals surface area (Å²) in [7, 11) is 0. The normalized spacial score (nSPS) is 16.7. The SMILES string of the molecule is CS/C(C=O)=C\c1ccc(CCCC2CCCCC2)cc1O. The van der Waals surface area contributed by atoms with Gasteiger partial charge in [-0.25, -0.2) is 0 Å². The van der Waals surface area contributed by atoms with Crippen LogP contribution >= 0.6 is 11.8 Å². The Balaban J connectivity index is 1.88. The zero-order valence-corrected chi connectivity index (χ0v) is 14.2. The van der Waals surface area contributed by atoms with E-state index in [0.717, 1.165) is 18.6 Å². The van der Waals surface area contributed by atoms with Crippen LogP contribution in [0.3, 0.4) is 0 Å². The minimum absolute atomic E-state index is 0.267. The Labute approximate surface area is 138 Å². The van der Waals surface area contributed by atoms with Crippen molar-refractivity contribution in [2.45, 2.75) is 51.4 Å². The van der Waals surface area contributed by atoms with Crippen molar-refractivity contribution in [3.63, 3.8) is 0 Å². The molecule has 0 unspecified atom stereocenters. The van der Waals surface area contributed by atoms with Crippen molar-refractivity contribution >= 4 is 24.1 Å².